The van der Waals surface area contributed by atoms with E-state index in [0.717, 1.165) is 16.6 Å². The molecule has 0 saturated heterocycles. The minimum absolute atomic E-state index is 0.168. The first-order valence-corrected chi connectivity index (χ1v) is 4.75. The van der Waals surface area contributed by atoms with Gasteiger partial charge in [-0.15, -0.1) is 6.58 Å². The predicted octanol–water partition coefficient (Wildman–Crippen LogP) is 3.01. The van der Waals surface area contributed by atoms with Crippen LogP contribution in [0, 0.1) is 0 Å². The molecule has 2 nitrogen and oxygen atoms in total. The molecule has 1 heterocycles. The van der Waals surface area contributed by atoms with E-state index in [2.05, 4.69) is 11.6 Å². The third kappa shape index (κ3) is 1.43. The van der Waals surface area contributed by atoms with Crippen molar-refractivity contribution in [3.63, 3.8) is 0 Å². The number of halogens is 1. The number of H-pyrrole nitrogens is 1. The molecule has 0 fully saturated rings. The van der Waals surface area contributed by atoms with Gasteiger partial charge in [0.2, 0.25) is 0 Å². The van der Waals surface area contributed by atoms with Crippen LogP contribution in [0.5, 0.6) is 0 Å². The van der Waals surface area contributed by atoms with Crippen LogP contribution in [0.1, 0.15) is 11.7 Å². The lowest BCUT2D eigenvalue weighted by Crippen LogP contribution is -2.06. The maximum Gasteiger partial charge on any atom is 0.0647 e. The second-order valence-corrected chi connectivity index (χ2v) is 3.60. The molecule has 0 unspecified atom stereocenters. The lowest BCUT2D eigenvalue weighted by atomic mass is 10.2. The summed E-state index contributed by atoms with van der Waals surface area (Å²) >= 11 is 6.02. The molecule has 0 bridgehead atoms. The van der Waals surface area contributed by atoms with Gasteiger partial charge < -0.3 is 10.7 Å². The van der Waals surface area contributed by atoms with E-state index >= 15 is 0 Å². The zero-order valence-corrected chi connectivity index (χ0v) is 8.38. The first-order chi connectivity index (χ1) is 6.72. The molecule has 14 heavy (non-hydrogen) atoms. The lowest BCUT2D eigenvalue weighted by Gasteiger charge is -2.00. The molecule has 1 atom stereocenters. The van der Waals surface area contributed by atoms with Crippen LogP contribution in [0.15, 0.2) is 36.9 Å². The molecule has 2 aromatic rings. The van der Waals surface area contributed by atoms with E-state index in [1.807, 2.05) is 24.3 Å². The normalized spacial score (nSPS) is 13.0. The molecular formula is C11H11ClN2. The van der Waals surface area contributed by atoms with Crippen molar-refractivity contribution < 1.29 is 0 Å². The van der Waals surface area contributed by atoms with E-state index in [1.54, 1.807) is 6.08 Å². The monoisotopic (exact) mass is 206 g/mol. The molecule has 0 aliphatic rings. The van der Waals surface area contributed by atoms with Gasteiger partial charge in [-0.05, 0) is 12.1 Å². The minimum Gasteiger partial charge on any atom is -0.356 e. The number of aromatic nitrogens is 1. The Hall–Kier alpha value is -1.25. The highest BCUT2D eigenvalue weighted by Gasteiger charge is 2.07. The summed E-state index contributed by atoms with van der Waals surface area (Å²) in [7, 11) is 0. The van der Waals surface area contributed by atoms with Gasteiger partial charge in [-0.1, -0.05) is 29.8 Å². The number of aromatic amines is 1. The first-order valence-electron chi connectivity index (χ1n) is 4.37. The Morgan fingerprint density at radius 2 is 2.29 bits per heavy atom. The number of hydrogen-bond donors (Lipinski definition) is 2. The topological polar surface area (TPSA) is 41.8 Å². The minimum atomic E-state index is -0.168. The second kappa shape index (κ2) is 3.48. The quantitative estimate of drug-likeness (QED) is 0.729. The number of benzene rings is 1. The maximum atomic E-state index is 6.02. The van der Waals surface area contributed by atoms with Gasteiger partial charge in [0.15, 0.2) is 0 Å². The lowest BCUT2D eigenvalue weighted by molar-refractivity contribution is 0.880. The third-order valence-corrected chi connectivity index (χ3v) is 2.55. The molecule has 1 aromatic heterocycles. The SMILES string of the molecule is C=C[C@@H](N)c1cc2cccc(Cl)c2[nH]1. The summed E-state index contributed by atoms with van der Waals surface area (Å²) in [5.74, 6) is 0. The molecule has 0 radical (unpaired) electrons. The fourth-order valence-corrected chi connectivity index (χ4v) is 1.68. The van der Waals surface area contributed by atoms with Crippen LogP contribution in [0.3, 0.4) is 0 Å². The van der Waals surface area contributed by atoms with Gasteiger partial charge in [-0.2, -0.15) is 0 Å². The van der Waals surface area contributed by atoms with E-state index in [0.29, 0.717) is 5.02 Å². The summed E-state index contributed by atoms with van der Waals surface area (Å²) in [6.45, 7) is 3.65. The summed E-state index contributed by atoms with van der Waals surface area (Å²) in [6.07, 6.45) is 1.69. The van der Waals surface area contributed by atoms with Gasteiger partial charge in [0, 0.05) is 11.1 Å². The van der Waals surface area contributed by atoms with Gasteiger partial charge in [-0.3, -0.25) is 0 Å². The van der Waals surface area contributed by atoms with Crippen molar-refractivity contribution in [1.29, 1.82) is 0 Å². The standard InChI is InChI=1S/C11H11ClN2/c1-2-9(13)10-6-7-4-3-5-8(12)11(7)14-10/h2-6,9,14H,1,13H2/t9-/m1/s1. The van der Waals surface area contributed by atoms with Crippen molar-refractivity contribution >= 4 is 22.5 Å². The largest absolute Gasteiger partial charge is 0.356 e. The number of para-hydroxylation sites is 1. The zero-order chi connectivity index (χ0) is 10.1. The van der Waals surface area contributed by atoms with Crippen LogP contribution in [0.4, 0.5) is 0 Å². The summed E-state index contributed by atoms with van der Waals surface area (Å²) < 4.78 is 0. The van der Waals surface area contributed by atoms with E-state index in [4.69, 9.17) is 17.3 Å². The highest BCUT2D eigenvalue weighted by Crippen LogP contribution is 2.25. The van der Waals surface area contributed by atoms with Crippen molar-refractivity contribution in [2.45, 2.75) is 6.04 Å². The first kappa shape index (κ1) is 9.31. The average molecular weight is 207 g/mol. The van der Waals surface area contributed by atoms with Crippen LogP contribution in [-0.4, -0.2) is 4.98 Å². The molecule has 0 amide bonds. The van der Waals surface area contributed by atoms with E-state index in [9.17, 15) is 0 Å². The molecule has 2 rings (SSSR count). The Morgan fingerprint density at radius 1 is 1.50 bits per heavy atom. The van der Waals surface area contributed by atoms with Crippen molar-refractivity contribution in [3.8, 4) is 0 Å². The number of fused-ring (bicyclic) bond motifs is 1. The predicted molar refractivity (Wildman–Crippen MR) is 60.4 cm³/mol. The summed E-state index contributed by atoms with van der Waals surface area (Å²) in [4.78, 5) is 3.19. The van der Waals surface area contributed by atoms with Crippen LogP contribution in [-0.2, 0) is 0 Å². The molecule has 0 aliphatic heterocycles. The molecular weight excluding hydrogens is 196 g/mol. The molecule has 0 saturated carbocycles. The van der Waals surface area contributed by atoms with E-state index in [-0.39, 0.29) is 6.04 Å². The average Bonchev–Trinajstić information content (AvgIpc) is 2.62. The molecule has 1 aromatic carbocycles. The smallest absolute Gasteiger partial charge is 0.0647 e. The Labute approximate surface area is 87.4 Å². The molecule has 0 spiro atoms. The Kier molecular flexibility index (Phi) is 2.32. The van der Waals surface area contributed by atoms with Crippen LogP contribution >= 0.6 is 11.6 Å². The van der Waals surface area contributed by atoms with Crippen molar-refractivity contribution in [2.24, 2.45) is 5.73 Å². The highest BCUT2D eigenvalue weighted by molar-refractivity contribution is 6.35. The fraction of sp³-hybridized carbons (Fsp3) is 0.0909. The molecule has 0 aliphatic carbocycles. The molecule has 3 heteroatoms. The molecule has 72 valence electrons. The van der Waals surface area contributed by atoms with Crippen molar-refractivity contribution in [2.75, 3.05) is 0 Å². The number of hydrogen-bond acceptors (Lipinski definition) is 1. The van der Waals surface area contributed by atoms with Crippen LogP contribution < -0.4 is 5.73 Å². The maximum absolute atomic E-state index is 6.02. The Morgan fingerprint density at radius 3 is 2.93 bits per heavy atom. The van der Waals surface area contributed by atoms with Gasteiger partial charge in [0.05, 0.1) is 16.6 Å². The van der Waals surface area contributed by atoms with Crippen LogP contribution in [0.25, 0.3) is 10.9 Å². The van der Waals surface area contributed by atoms with Crippen molar-refractivity contribution in [3.05, 3.63) is 47.6 Å². The summed E-state index contributed by atoms with van der Waals surface area (Å²) in [6, 6.07) is 7.59. The van der Waals surface area contributed by atoms with Gasteiger partial charge in [0.1, 0.15) is 0 Å². The van der Waals surface area contributed by atoms with E-state index in [1.165, 1.54) is 0 Å². The third-order valence-electron chi connectivity index (χ3n) is 2.24. The Bertz CT molecular complexity index is 473. The van der Waals surface area contributed by atoms with Gasteiger partial charge >= 0.3 is 0 Å². The highest BCUT2D eigenvalue weighted by atomic mass is 35.5. The summed E-state index contributed by atoms with van der Waals surface area (Å²) in [5.41, 5.74) is 7.68. The van der Waals surface area contributed by atoms with Crippen LogP contribution in [0.2, 0.25) is 5.02 Å². The summed E-state index contributed by atoms with van der Waals surface area (Å²) in [5, 5.41) is 1.79. The fourth-order valence-electron chi connectivity index (χ4n) is 1.45. The number of rotatable bonds is 2. The number of nitrogens with two attached hydrogens (primary N) is 1. The van der Waals surface area contributed by atoms with Gasteiger partial charge in [-0.25, -0.2) is 0 Å². The second-order valence-electron chi connectivity index (χ2n) is 3.19. The molecule has 3 N–H and O–H groups in total. The number of nitrogens with one attached hydrogen (secondary N) is 1. The Balaban J connectivity index is 2.62. The van der Waals surface area contributed by atoms with E-state index < -0.39 is 0 Å². The zero-order valence-electron chi connectivity index (χ0n) is 7.63. The van der Waals surface area contributed by atoms with Crippen molar-refractivity contribution in [1.82, 2.24) is 4.98 Å². The van der Waals surface area contributed by atoms with Gasteiger partial charge in [0.25, 0.3) is 0 Å².